The first-order chi connectivity index (χ1) is 15.3. The molecule has 9 nitrogen and oxygen atoms in total. The summed E-state index contributed by atoms with van der Waals surface area (Å²) < 4.78 is 40.4. The molecule has 0 saturated carbocycles. The van der Waals surface area contributed by atoms with Crippen LogP contribution in [0, 0.1) is 0 Å². The molecule has 2 aromatic heterocycles. The van der Waals surface area contributed by atoms with Crippen LogP contribution in [-0.4, -0.2) is 36.3 Å². The van der Waals surface area contributed by atoms with E-state index < -0.39 is 23.7 Å². The molecular weight excluding hydrogens is 425 g/mol. The van der Waals surface area contributed by atoms with E-state index in [0.29, 0.717) is 16.9 Å². The highest BCUT2D eigenvalue weighted by molar-refractivity contribution is 6.06. The van der Waals surface area contributed by atoms with E-state index in [9.17, 15) is 18.0 Å². The number of aromatic amines is 1. The molecular formula is C20H15F3N8O. The van der Waals surface area contributed by atoms with Crippen molar-refractivity contribution in [2.24, 2.45) is 0 Å². The molecule has 5 rings (SSSR count). The Morgan fingerprint density at radius 1 is 1.16 bits per heavy atom. The summed E-state index contributed by atoms with van der Waals surface area (Å²) in [4.78, 5) is 13.3. The van der Waals surface area contributed by atoms with Crippen LogP contribution in [0.3, 0.4) is 0 Å². The number of rotatable bonds is 3. The third-order valence-electron chi connectivity index (χ3n) is 5.21. The van der Waals surface area contributed by atoms with Gasteiger partial charge in [0.1, 0.15) is 6.04 Å². The van der Waals surface area contributed by atoms with Crippen molar-refractivity contribution in [3.63, 3.8) is 0 Å². The summed E-state index contributed by atoms with van der Waals surface area (Å²) in [7, 11) is 0. The number of amides is 1. The summed E-state index contributed by atoms with van der Waals surface area (Å²) in [5.74, 6) is -0.160. The summed E-state index contributed by atoms with van der Waals surface area (Å²) in [6.45, 7) is 1.68. The van der Waals surface area contributed by atoms with Crippen molar-refractivity contribution in [1.82, 2.24) is 30.4 Å². The Bertz CT molecular complexity index is 1350. The lowest BCUT2D eigenvalue weighted by Gasteiger charge is -2.28. The van der Waals surface area contributed by atoms with Gasteiger partial charge in [-0.25, -0.2) is 0 Å². The van der Waals surface area contributed by atoms with Gasteiger partial charge in [0.15, 0.2) is 0 Å². The van der Waals surface area contributed by atoms with Crippen LogP contribution in [0.1, 0.15) is 24.1 Å². The van der Waals surface area contributed by atoms with Gasteiger partial charge in [0.25, 0.3) is 5.91 Å². The summed E-state index contributed by atoms with van der Waals surface area (Å²) in [6, 6.07) is 9.04. The number of alkyl halides is 3. The molecule has 3 N–H and O–H groups in total. The molecule has 1 amide bonds. The number of carbonyl (C=O) groups is 1. The number of anilines is 2. The maximum Gasteiger partial charge on any atom is 0.416 e. The van der Waals surface area contributed by atoms with Gasteiger partial charge in [-0.15, -0.1) is 0 Å². The fourth-order valence-electron chi connectivity index (χ4n) is 3.69. The number of hydrogen-bond acceptors (Lipinski definition) is 6. The fourth-order valence-corrected chi connectivity index (χ4v) is 3.69. The van der Waals surface area contributed by atoms with Crippen LogP contribution in [-0.2, 0) is 11.0 Å². The van der Waals surface area contributed by atoms with Gasteiger partial charge < -0.3 is 10.6 Å². The van der Waals surface area contributed by atoms with Crippen molar-refractivity contribution in [1.29, 1.82) is 0 Å². The molecule has 0 spiro atoms. The first-order valence-corrected chi connectivity index (χ1v) is 9.48. The summed E-state index contributed by atoms with van der Waals surface area (Å²) in [6.07, 6.45) is -2.83. The summed E-state index contributed by atoms with van der Waals surface area (Å²) in [5, 5.41) is 24.9. The summed E-state index contributed by atoms with van der Waals surface area (Å²) >= 11 is 0. The van der Waals surface area contributed by atoms with Crippen molar-refractivity contribution in [2.75, 3.05) is 10.6 Å². The van der Waals surface area contributed by atoms with Crippen LogP contribution in [0.15, 0.2) is 59.9 Å². The number of H-pyrrole nitrogens is 1. The number of allylic oxidation sites excluding steroid dienone is 1. The second kappa shape index (κ2) is 7.18. The first-order valence-electron chi connectivity index (χ1n) is 9.48. The maximum absolute atomic E-state index is 13.3. The number of halogens is 3. The number of hydrogen-bond donors (Lipinski definition) is 3. The van der Waals surface area contributed by atoms with E-state index in [1.165, 1.54) is 16.8 Å². The Hall–Kier alpha value is -4.22. The van der Waals surface area contributed by atoms with E-state index in [1.54, 1.807) is 31.3 Å². The molecule has 1 unspecified atom stereocenters. The van der Waals surface area contributed by atoms with Crippen LogP contribution in [0.4, 0.5) is 24.8 Å². The SMILES string of the molecule is CC1=C(C(=O)Nc2ccc3[nH]ncc3c2)C(c2ccc(C(F)(F)F)cc2)n2nnnc2N1. The zero-order chi connectivity index (χ0) is 22.5. The predicted octanol–water partition coefficient (Wildman–Crippen LogP) is 3.50. The number of nitrogens with one attached hydrogen (secondary N) is 3. The van der Waals surface area contributed by atoms with Crippen LogP contribution in [0.5, 0.6) is 0 Å². The molecule has 162 valence electrons. The molecule has 4 aromatic rings. The molecule has 12 heteroatoms. The van der Waals surface area contributed by atoms with Gasteiger partial charge in [-0.2, -0.15) is 23.0 Å². The average Bonchev–Trinajstić information content (AvgIpc) is 3.40. The highest BCUT2D eigenvalue weighted by Crippen LogP contribution is 2.36. The van der Waals surface area contributed by atoms with Gasteiger partial charge in [0.2, 0.25) is 5.95 Å². The van der Waals surface area contributed by atoms with Gasteiger partial charge in [0.05, 0.1) is 22.9 Å². The predicted molar refractivity (Wildman–Crippen MR) is 108 cm³/mol. The molecule has 1 atom stereocenters. The maximum atomic E-state index is 13.3. The van der Waals surface area contributed by atoms with E-state index in [4.69, 9.17) is 0 Å². The van der Waals surface area contributed by atoms with Crippen LogP contribution in [0.2, 0.25) is 0 Å². The minimum atomic E-state index is -4.47. The molecule has 3 heterocycles. The molecule has 0 radical (unpaired) electrons. The number of aromatic nitrogens is 6. The van der Waals surface area contributed by atoms with E-state index in [1.807, 2.05) is 0 Å². The van der Waals surface area contributed by atoms with Gasteiger partial charge >= 0.3 is 6.18 Å². The van der Waals surface area contributed by atoms with Crippen LogP contribution >= 0.6 is 0 Å². The monoisotopic (exact) mass is 440 g/mol. The standard InChI is InChI=1S/C20H15F3N8O/c1-10-16(18(32)26-14-6-7-15-12(8-14)9-24-27-15)17(31-19(25-10)28-29-30-31)11-2-4-13(5-3-11)20(21,22)23/h2-9,17H,1H3,(H,24,27)(H,26,32)(H,25,28,30). The molecule has 0 fully saturated rings. The summed E-state index contributed by atoms with van der Waals surface area (Å²) in [5.41, 5.74) is 1.77. The molecule has 1 aliphatic heterocycles. The smallest absolute Gasteiger partial charge is 0.326 e. The lowest BCUT2D eigenvalue weighted by atomic mass is 9.94. The van der Waals surface area contributed by atoms with Crippen molar-refractivity contribution < 1.29 is 18.0 Å². The third-order valence-corrected chi connectivity index (χ3v) is 5.21. The first kappa shape index (κ1) is 19.7. The normalized spacial score (nSPS) is 16.1. The van der Waals surface area contributed by atoms with Gasteiger partial charge in [-0.3, -0.25) is 9.89 Å². The van der Waals surface area contributed by atoms with Crippen LogP contribution < -0.4 is 10.6 Å². The molecule has 0 bridgehead atoms. The largest absolute Gasteiger partial charge is 0.416 e. The third kappa shape index (κ3) is 3.35. The second-order valence-electron chi connectivity index (χ2n) is 7.26. The number of fused-ring (bicyclic) bond motifs is 2. The Balaban J connectivity index is 1.53. The zero-order valence-electron chi connectivity index (χ0n) is 16.5. The van der Waals surface area contributed by atoms with E-state index in [0.717, 1.165) is 23.0 Å². The Labute approximate surface area is 178 Å². The minimum Gasteiger partial charge on any atom is -0.326 e. The molecule has 2 aromatic carbocycles. The number of benzene rings is 2. The lowest BCUT2D eigenvalue weighted by Crippen LogP contribution is -2.31. The topological polar surface area (TPSA) is 113 Å². The molecule has 0 saturated heterocycles. The van der Waals surface area contributed by atoms with E-state index in [-0.39, 0.29) is 11.5 Å². The molecule has 1 aliphatic rings. The number of carbonyl (C=O) groups excluding carboxylic acids is 1. The molecule has 0 aliphatic carbocycles. The van der Waals surface area contributed by atoms with Crippen molar-refractivity contribution in [3.8, 4) is 0 Å². The number of tetrazole rings is 1. The van der Waals surface area contributed by atoms with Gasteiger partial charge in [-0.1, -0.05) is 17.2 Å². The second-order valence-corrected chi connectivity index (χ2v) is 7.26. The van der Waals surface area contributed by atoms with Crippen molar-refractivity contribution in [3.05, 3.63) is 71.1 Å². The number of nitrogens with zero attached hydrogens (tertiary/aromatic N) is 5. The van der Waals surface area contributed by atoms with E-state index >= 15 is 0 Å². The Morgan fingerprint density at radius 3 is 2.69 bits per heavy atom. The fraction of sp³-hybridized carbons (Fsp3) is 0.150. The lowest BCUT2D eigenvalue weighted by molar-refractivity contribution is -0.137. The van der Waals surface area contributed by atoms with Crippen molar-refractivity contribution >= 4 is 28.4 Å². The highest BCUT2D eigenvalue weighted by atomic mass is 19.4. The average molecular weight is 440 g/mol. The minimum absolute atomic E-state index is 0.275. The van der Waals surface area contributed by atoms with Gasteiger partial charge in [0, 0.05) is 16.8 Å². The Kier molecular flexibility index (Phi) is 4.43. The molecule has 32 heavy (non-hydrogen) atoms. The van der Waals surface area contributed by atoms with Crippen LogP contribution in [0.25, 0.3) is 10.9 Å². The van der Waals surface area contributed by atoms with Gasteiger partial charge in [-0.05, 0) is 53.2 Å². The quantitative estimate of drug-likeness (QED) is 0.450. The zero-order valence-corrected chi connectivity index (χ0v) is 16.5. The Morgan fingerprint density at radius 2 is 1.94 bits per heavy atom. The van der Waals surface area contributed by atoms with E-state index in [2.05, 4.69) is 36.4 Å². The van der Waals surface area contributed by atoms with Crippen molar-refractivity contribution in [2.45, 2.75) is 19.1 Å². The highest BCUT2D eigenvalue weighted by Gasteiger charge is 2.35.